The smallest absolute Gasteiger partial charge is 0.252 e. The van der Waals surface area contributed by atoms with E-state index in [2.05, 4.69) is 15.2 Å². The van der Waals surface area contributed by atoms with Crippen LogP contribution in [-0.2, 0) is 19.6 Å². The van der Waals surface area contributed by atoms with Crippen molar-refractivity contribution in [1.82, 2.24) is 9.29 Å². The number of carbonyl (C=O) groups excluding carboxylic acids is 1. The second-order valence-corrected chi connectivity index (χ2v) is 10.7. The highest BCUT2D eigenvalue weighted by molar-refractivity contribution is 7.91. The van der Waals surface area contributed by atoms with Crippen molar-refractivity contribution in [3.63, 3.8) is 0 Å². The third kappa shape index (κ3) is 4.43. The van der Waals surface area contributed by atoms with Crippen molar-refractivity contribution in [3.05, 3.63) is 35.7 Å². The molecule has 0 spiro atoms. The second-order valence-electron chi connectivity index (χ2n) is 6.52. The average molecular weight is 453 g/mol. The molecular formula is C18H20N4O4S3. The normalized spacial score (nSPS) is 15.2. The zero-order valence-corrected chi connectivity index (χ0v) is 18.1. The van der Waals surface area contributed by atoms with Gasteiger partial charge in [0.15, 0.2) is 5.13 Å². The van der Waals surface area contributed by atoms with Crippen molar-refractivity contribution >= 4 is 59.6 Å². The molecule has 0 bridgehead atoms. The predicted octanol–water partition coefficient (Wildman–Crippen LogP) is 2.45. The molecule has 154 valence electrons. The van der Waals surface area contributed by atoms with Crippen molar-refractivity contribution in [1.29, 1.82) is 0 Å². The summed E-state index contributed by atoms with van der Waals surface area (Å²) in [6.45, 7) is 2.75. The van der Waals surface area contributed by atoms with Crippen LogP contribution in [0.1, 0.15) is 0 Å². The molecule has 11 heteroatoms. The van der Waals surface area contributed by atoms with Gasteiger partial charge in [-0.15, -0.1) is 11.3 Å². The molecule has 0 radical (unpaired) electrons. The van der Waals surface area contributed by atoms with E-state index < -0.39 is 15.9 Å². The van der Waals surface area contributed by atoms with E-state index >= 15 is 0 Å². The SMILES string of the molecule is CN(CC(=O)Nc1ccc2nc(N3CCOCC3)sc2c1)S(=O)(=O)c1cccs1. The van der Waals surface area contributed by atoms with Gasteiger partial charge in [-0.3, -0.25) is 4.79 Å². The van der Waals surface area contributed by atoms with Crippen LogP contribution in [0.25, 0.3) is 10.2 Å². The monoisotopic (exact) mass is 452 g/mol. The van der Waals surface area contributed by atoms with E-state index in [1.807, 2.05) is 12.1 Å². The fourth-order valence-electron chi connectivity index (χ4n) is 2.93. The highest BCUT2D eigenvalue weighted by atomic mass is 32.2. The van der Waals surface area contributed by atoms with Gasteiger partial charge in [-0.1, -0.05) is 17.4 Å². The number of sulfonamides is 1. The fourth-order valence-corrected chi connectivity index (χ4v) is 6.32. The molecule has 1 aromatic carbocycles. The van der Waals surface area contributed by atoms with E-state index in [-0.39, 0.29) is 10.8 Å². The molecule has 8 nitrogen and oxygen atoms in total. The van der Waals surface area contributed by atoms with Crippen LogP contribution in [0.3, 0.4) is 0 Å². The number of anilines is 2. The quantitative estimate of drug-likeness (QED) is 0.618. The van der Waals surface area contributed by atoms with Crippen molar-refractivity contribution in [3.8, 4) is 0 Å². The van der Waals surface area contributed by atoms with E-state index in [4.69, 9.17) is 4.74 Å². The number of rotatable bonds is 6. The number of carbonyl (C=O) groups is 1. The third-order valence-electron chi connectivity index (χ3n) is 4.47. The van der Waals surface area contributed by atoms with Gasteiger partial charge in [-0.05, 0) is 29.6 Å². The fraction of sp³-hybridized carbons (Fsp3) is 0.333. The van der Waals surface area contributed by atoms with Crippen molar-refractivity contribution in [2.75, 3.05) is 50.1 Å². The predicted molar refractivity (Wildman–Crippen MR) is 115 cm³/mol. The molecule has 3 heterocycles. The summed E-state index contributed by atoms with van der Waals surface area (Å²) in [6.07, 6.45) is 0. The number of benzene rings is 1. The molecule has 0 aliphatic carbocycles. The van der Waals surface area contributed by atoms with Crippen LogP contribution in [0.15, 0.2) is 39.9 Å². The number of nitrogens with zero attached hydrogens (tertiary/aromatic N) is 3. The molecular weight excluding hydrogens is 432 g/mol. The topological polar surface area (TPSA) is 91.8 Å². The molecule has 29 heavy (non-hydrogen) atoms. The van der Waals surface area contributed by atoms with Gasteiger partial charge in [0.1, 0.15) is 4.21 Å². The largest absolute Gasteiger partial charge is 0.378 e. The van der Waals surface area contributed by atoms with E-state index in [1.54, 1.807) is 28.8 Å². The third-order valence-corrected chi connectivity index (χ3v) is 8.72. The number of fused-ring (bicyclic) bond motifs is 1. The summed E-state index contributed by atoms with van der Waals surface area (Å²) in [5.74, 6) is -0.398. The second kappa shape index (κ2) is 8.36. The number of likely N-dealkylation sites (N-methyl/N-ethyl adjacent to an activating group) is 1. The van der Waals surface area contributed by atoms with E-state index in [1.165, 1.54) is 13.1 Å². The van der Waals surface area contributed by atoms with Gasteiger partial charge in [-0.2, -0.15) is 4.31 Å². The molecule has 1 aliphatic heterocycles. The highest BCUT2D eigenvalue weighted by Gasteiger charge is 2.24. The van der Waals surface area contributed by atoms with Gasteiger partial charge in [0.2, 0.25) is 5.91 Å². The maximum Gasteiger partial charge on any atom is 0.252 e. The highest BCUT2D eigenvalue weighted by Crippen LogP contribution is 2.31. The van der Waals surface area contributed by atoms with E-state index in [0.29, 0.717) is 18.9 Å². The Morgan fingerprint density at radius 1 is 1.31 bits per heavy atom. The molecule has 1 amide bonds. The first kappa shape index (κ1) is 20.2. The molecule has 1 aliphatic rings. The molecule has 0 atom stereocenters. The van der Waals surface area contributed by atoms with Crippen LogP contribution in [-0.4, -0.2) is 63.5 Å². The van der Waals surface area contributed by atoms with Gasteiger partial charge in [0.05, 0.1) is 30.0 Å². The Balaban J connectivity index is 1.44. The summed E-state index contributed by atoms with van der Waals surface area (Å²) in [4.78, 5) is 19.2. The Hall–Kier alpha value is -2.05. The Labute approximate surface area is 176 Å². The van der Waals surface area contributed by atoms with Gasteiger partial charge in [-0.25, -0.2) is 13.4 Å². The number of hydrogen-bond acceptors (Lipinski definition) is 8. The minimum absolute atomic E-state index is 0.217. The standard InChI is InChI=1S/C18H20N4O4S3/c1-21(29(24,25)17-3-2-10-27-17)12-16(23)19-13-4-5-14-15(11-13)28-18(20-14)22-6-8-26-9-7-22/h2-5,10-11H,6-9,12H2,1H3,(H,19,23). The molecule has 1 N–H and O–H groups in total. The number of nitrogens with one attached hydrogen (secondary N) is 1. The summed E-state index contributed by atoms with van der Waals surface area (Å²) < 4.78 is 32.5. The summed E-state index contributed by atoms with van der Waals surface area (Å²) in [5.41, 5.74) is 1.48. The maximum atomic E-state index is 12.4. The number of ether oxygens (including phenoxy) is 1. The lowest BCUT2D eigenvalue weighted by Crippen LogP contribution is -2.36. The summed E-state index contributed by atoms with van der Waals surface area (Å²) in [6, 6.07) is 8.69. The number of hydrogen-bond donors (Lipinski definition) is 1. The van der Waals surface area contributed by atoms with E-state index in [9.17, 15) is 13.2 Å². The number of thiophene rings is 1. The first-order valence-electron chi connectivity index (χ1n) is 8.96. The first-order valence-corrected chi connectivity index (χ1v) is 12.1. The molecule has 2 aromatic heterocycles. The zero-order chi connectivity index (χ0) is 20.4. The lowest BCUT2D eigenvalue weighted by atomic mass is 10.3. The molecule has 1 fully saturated rings. The van der Waals surface area contributed by atoms with Gasteiger partial charge < -0.3 is 15.0 Å². The van der Waals surface area contributed by atoms with Crippen molar-refractivity contribution in [2.24, 2.45) is 0 Å². The lowest BCUT2D eigenvalue weighted by Gasteiger charge is -2.25. The van der Waals surface area contributed by atoms with Crippen LogP contribution in [0, 0.1) is 0 Å². The number of aromatic nitrogens is 1. The Morgan fingerprint density at radius 2 is 2.10 bits per heavy atom. The van der Waals surface area contributed by atoms with Gasteiger partial charge in [0, 0.05) is 25.8 Å². The number of thiazole rings is 1. The van der Waals surface area contributed by atoms with Crippen LogP contribution in [0.5, 0.6) is 0 Å². The van der Waals surface area contributed by atoms with Gasteiger partial charge >= 0.3 is 0 Å². The summed E-state index contributed by atoms with van der Waals surface area (Å²) in [5, 5.41) is 5.40. The van der Waals surface area contributed by atoms with Crippen LogP contribution in [0.2, 0.25) is 0 Å². The lowest BCUT2D eigenvalue weighted by molar-refractivity contribution is -0.116. The molecule has 4 rings (SSSR count). The molecule has 0 saturated carbocycles. The average Bonchev–Trinajstić information content (AvgIpc) is 3.38. The first-order chi connectivity index (χ1) is 13.9. The Bertz CT molecular complexity index is 1110. The summed E-state index contributed by atoms with van der Waals surface area (Å²) >= 11 is 2.69. The Morgan fingerprint density at radius 3 is 2.83 bits per heavy atom. The van der Waals surface area contributed by atoms with Crippen molar-refractivity contribution < 1.29 is 17.9 Å². The van der Waals surface area contributed by atoms with Crippen LogP contribution in [0.4, 0.5) is 10.8 Å². The number of amides is 1. The summed E-state index contributed by atoms with van der Waals surface area (Å²) in [7, 11) is -2.26. The zero-order valence-electron chi connectivity index (χ0n) is 15.7. The van der Waals surface area contributed by atoms with E-state index in [0.717, 1.165) is 44.1 Å². The minimum atomic E-state index is -3.66. The Kier molecular flexibility index (Phi) is 5.83. The molecule has 0 unspecified atom stereocenters. The number of morpholine rings is 1. The molecule has 3 aromatic rings. The maximum absolute atomic E-state index is 12.4. The minimum Gasteiger partial charge on any atom is -0.378 e. The van der Waals surface area contributed by atoms with Crippen molar-refractivity contribution in [2.45, 2.75) is 4.21 Å². The molecule has 1 saturated heterocycles. The van der Waals surface area contributed by atoms with Crippen LogP contribution < -0.4 is 10.2 Å². The van der Waals surface area contributed by atoms with Gasteiger partial charge in [0.25, 0.3) is 10.0 Å². The van der Waals surface area contributed by atoms with Crippen LogP contribution >= 0.6 is 22.7 Å².